The highest BCUT2D eigenvalue weighted by molar-refractivity contribution is 6.09. The molecular weight excluding hydrogens is 320 g/mol. The number of phenolic OH excluding ortho intramolecular Hbond substituents is 2. The van der Waals surface area contributed by atoms with E-state index in [9.17, 15) is 20.1 Å². The Balaban J connectivity index is 1.94. The van der Waals surface area contributed by atoms with Crippen molar-refractivity contribution in [2.45, 2.75) is 32.0 Å². The van der Waals surface area contributed by atoms with Gasteiger partial charge in [0.2, 0.25) is 0 Å². The molecule has 130 valence electrons. The number of benzene rings is 2. The van der Waals surface area contributed by atoms with E-state index in [2.05, 4.69) is 0 Å². The lowest BCUT2D eigenvalue weighted by atomic mass is 9.88. The van der Waals surface area contributed by atoms with E-state index >= 15 is 0 Å². The first kappa shape index (κ1) is 17.0. The van der Waals surface area contributed by atoms with Crippen molar-refractivity contribution in [3.63, 3.8) is 0 Å². The van der Waals surface area contributed by atoms with E-state index in [1.807, 2.05) is 0 Å². The molecule has 5 nitrogen and oxygen atoms in total. The minimum Gasteiger partial charge on any atom is -0.508 e. The maximum absolute atomic E-state index is 12.6. The van der Waals surface area contributed by atoms with Crippen LogP contribution >= 0.6 is 0 Å². The van der Waals surface area contributed by atoms with Gasteiger partial charge >= 0.3 is 0 Å². The Morgan fingerprint density at radius 1 is 1.16 bits per heavy atom. The van der Waals surface area contributed by atoms with Gasteiger partial charge in [0.05, 0.1) is 11.7 Å². The molecule has 3 rings (SSSR count). The predicted octanol–water partition coefficient (Wildman–Crippen LogP) is 3.07. The summed E-state index contributed by atoms with van der Waals surface area (Å²) in [5.41, 5.74) is 0.699. The summed E-state index contributed by atoms with van der Waals surface area (Å²) in [6.07, 6.45) is 2.50. The maximum atomic E-state index is 12.6. The fraction of sp³-hybridized carbons (Fsp3) is 0.250. The molecule has 0 aliphatic carbocycles. The van der Waals surface area contributed by atoms with E-state index in [1.54, 1.807) is 44.2 Å². The minimum atomic E-state index is -0.851. The smallest absolute Gasteiger partial charge is 0.189 e. The first-order valence-corrected chi connectivity index (χ1v) is 8.01. The lowest BCUT2D eigenvalue weighted by Crippen LogP contribution is -2.46. The van der Waals surface area contributed by atoms with Crippen molar-refractivity contribution in [1.82, 2.24) is 0 Å². The van der Waals surface area contributed by atoms with Gasteiger partial charge in [-0.3, -0.25) is 4.79 Å². The molecule has 0 saturated heterocycles. The summed E-state index contributed by atoms with van der Waals surface area (Å²) in [7, 11) is 0. The Morgan fingerprint density at radius 3 is 2.52 bits per heavy atom. The fourth-order valence-electron chi connectivity index (χ4n) is 2.74. The summed E-state index contributed by atoms with van der Waals surface area (Å²) >= 11 is 0. The number of allylic oxidation sites excluding steroid dienone is 1. The van der Waals surface area contributed by atoms with E-state index in [1.165, 1.54) is 18.2 Å². The summed E-state index contributed by atoms with van der Waals surface area (Å²) in [5.74, 6) is 0.209. The van der Waals surface area contributed by atoms with Gasteiger partial charge in [-0.1, -0.05) is 18.2 Å². The molecule has 25 heavy (non-hydrogen) atoms. The van der Waals surface area contributed by atoms with Crippen LogP contribution in [-0.4, -0.2) is 32.8 Å². The molecule has 0 saturated carbocycles. The van der Waals surface area contributed by atoms with Crippen LogP contribution in [0.3, 0.4) is 0 Å². The molecule has 1 aliphatic heterocycles. The van der Waals surface area contributed by atoms with E-state index in [0.717, 1.165) is 5.56 Å². The van der Waals surface area contributed by atoms with Gasteiger partial charge in [-0.25, -0.2) is 0 Å². The number of hydrogen-bond acceptors (Lipinski definition) is 5. The molecule has 3 N–H and O–H groups in total. The highest BCUT2D eigenvalue weighted by Crippen LogP contribution is 2.41. The Hall–Kier alpha value is -2.79. The van der Waals surface area contributed by atoms with Gasteiger partial charge in [0, 0.05) is 12.0 Å². The highest BCUT2D eigenvalue weighted by Gasteiger charge is 2.38. The highest BCUT2D eigenvalue weighted by atomic mass is 16.5. The molecule has 0 spiro atoms. The van der Waals surface area contributed by atoms with Crippen LogP contribution in [0.15, 0.2) is 42.5 Å². The zero-order chi connectivity index (χ0) is 18.2. The third-order valence-corrected chi connectivity index (χ3v) is 4.39. The summed E-state index contributed by atoms with van der Waals surface area (Å²) in [6, 6.07) is 9.43. The Morgan fingerprint density at radius 2 is 1.84 bits per heavy atom. The number of aliphatic hydroxyl groups is 1. The van der Waals surface area contributed by atoms with E-state index in [0.29, 0.717) is 16.9 Å². The zero-order valence-corrected chi connectivity index (χ0v) is 14.1. The number of aliphatic hydroxyl groups excluding tert-OH is 1. The molecule has 1 aliphatic rings. The van der Waals surface area contributed by atoms with E-state index < -0.39 is 11.7 Å². The molecule has 0 aromatic heterocycles. The lowest BCUT2D eigenvalue weighted by molar-refractivity contribution is -0.0420. The van der Waals surface area contributed by atoms with Gasteiger partial charge < -0.3 is 20.1 Å². The lowest BCUT2D eigenvalue weighted by Gasteiger charge is -2.37. The summed E-state index contributed by atoms with van der Waals surface area (Å²) in [4.78, 5) is 12.6. The van der Waals surface area contributed by atoms with Gasteiger partial charge in [0.1, 0.15) is 22.8 Å². The number of carbonyl (C=O) groups excluding carboxylic acids is 1. The van der Waals surface area contributed by atoms with Crippen LogP contribution in [0.1, 0.15) is 35.3 Å². The molecular formula is C20H20O5. The maximum Gasteiger partial charge on any atom is 0.189 e. The van der Waals surface area contributed by atoms with Gasteiger partial charge in [-0.05, 0) is 49.8 Å². The Labute approximate surface area is 145 Å². The second-order valence-electron chi connectivity index (χ2n) is 6.65. The minimum absolute atomic E-state index is 0.00335. The van der Waals surface area contributed by atoms with Crippen LogP contribution < -0.4 is 4.74 Å². The molecule has 0 radical (unpaired) electrons. The molecule has 2 aromatic carbocycles. The Bertz CT molecular complexity index is 834. The van der Waals surface area contributed by atoms with Crippen LogP contribution in [0, 0.1) is 0 Å². The average molecular weight is 340 g/mol. The first-order valence-electron chi connectivity index (χ1n) is 8.01. The molecule has 5 heteroatoms. The quantitative estimate of drug-likeness (QED) is 0.590. The Kier molecular flexibility index (Phi) is 4.27. The molecule has 0 bridgehead atoms. The number of aromatic hydroxyl groups is 2. The normalized spacial score (nSPS) is 18.6. The predicted molar refractivity (Wildman–Crippen MR) is 94.0 cm³/mol. The van der Waals surface area contributed by atoms with Crippen molar-refractivity contribution in [2.24, 2.45) is 0 Å². The number of fused-ring (bicyclic) bond motifs is 1. The van der Waals surface area contributed by atoms with Crippen LogP contribution in [0.2, 0.25) is 0 Å². The third-order valence-electron chi connectivity index (χ3n) is 4.39. The summed E-state index contributed by atoms with van der Waals surface area (Å²) in [6.45, 7) is 3.48. The van der Waals surface area contributed by atoms with Crippen LogP contribution in [0.5, 0.6) is 17.2 Å². The van der Waals surface area contributed by atoms with Crippen LogP contribution in [-0.2, 0) is 6.42 Å². The van der Waals surface area contributed by atoms with E-state index in [-0.39, 0.29) is 23.7 Å². The van der Waals surface area contributed by atoms with Crippen molar-refractivity contribution in [3.05, 3.63) is 59.2 Å². The number of ether oxygens (including phenoxy) is 1. The van der Waals surface area contributed by atoms with Crippen molar-refractivity contribution >= 4 is 11.9 Å². The van der Waals surface area contributed by atoms with Gasteiger partial charge in [-0.15, -0.1) is 0 Å². The largest absolute Gasteiger partial charge is 0.508 e. The zero-order valence-electron chi connectivity index (χ0n) is 14.1. The number of carbonyl (C=O) groups is 1. The van der Waals surface area contributed by atoms with Crippen molar-refractivity contribution in [1.29, 1.82) is 0 Å². The second-order valence-corrected chi connectivity index (χ2v) is 6.65. The van der Waals surface area contributed by atoms with E-state index in [4.69, 9.17) is 4.74 Å². The van der Waals surface area contributed by atoms with Gasteiger partial charge in [-0.2, -0.15) is 0 Å². The van der Waals surface area contributed by atoms with Crippen LogP contribution in [0.25, 0.3) is 6.08 Å². The topological polar surface area (TPSA) is 87.0 Å². The van der Waals surface area contributed by atoms with Crippen LogP contribution in [0.4, 0.5) is 0 Å². The molecule has 2 aromatic rings. The first-order chi connectivity index (χ1) is 11.8. The summed E-state index contributed by atoms with van der Waals surface area (Å²) in [5, 5.41) is 29.5. The molecule has 0 amide bonds. The fourth-order valence-corrected chi connectivity index (χ4v) is 2.74. The van der Waals surface area contributed by atoms with Gasteiger partial charge in [0.25, 0.3) is 0 Å². The van der Waals surface area contributed by atoms with Crippen molar-refractivity contribution in [3.8, 4) is 17.2 Å². The molecule has 0 fully saturated rings. The molecule has 1 heterocycles. The standard InChI is InChI=1S/C20H20O5/c1-20(2)18(24)11-15-17(23)10-8-14(19(15)25-20)16(22)9-5-12-3-6-13(21)7-4-12/h3-10,18,21,23-24H,11H2,1-2H3/b9-5+. The summed E-state index contributed by atoms with van der Waals surface area (Å²) < 4.78 is 5.83. The second kappa shape index (κ2) is 6.26. The number of rotatable bonds is 3. The molecule has 1 unspecified atom stereocenters. The number of phenols is 2. The molecule has 1 atom stereocenters. The SMILES string of the molecule is CC1(C)Oc2c(C(=O)/C=C/c3ccc(O)cc3)ccc(O)c2CC1O. The third kappa shape index (κ3) is 3.37. The number of ketones is 1. The number of hydrogen-bond donors (Lipinski definition) is 3. The monoisotopic (exact) mass is 340 g/mol. The average Bonchev–Trinajstić information content (AvgIpc) is 2.56. The van der Waals surface area contributed by atoms with Crippen molar-refractivity contribution in [2.75, 3.05) is 0 Å². The van der Waals surface area contributed by atoms with Crippen molar-refractivity contribution < 1.29 is 24.9 Å². The van der Waals surface area contributed by atoms with Gasteiger partial charge in [0.15, 0.2) is 5.78 Å².